The van der Waals surface area contributed by atoms with Gasteiger partial charge >= 0.3 is 5.97 Å². The number of β-lactam (4-membered cyclic amide) rings is 1. The Balaban J connectivity index is 0.00000243. The van der Waals surface area contributed by atoms with Crippen LogP contribution >= 0.6 is 35.5 Å². The molecule has 1 aromatic rings. The molecule has 13 heteroatoms. The minimum Gasteiger partial charge on any atom is -0.477 e. The van der Waals surface area contributed by atoms with E-state index in [0.717, 1.165) is 16.2 Å². The van der Waals surface area contributed by atoms with E-state index in [2.05, 4.69) is 20.3 Å². The fraction of sp³-hybridized carbons (Fsp3) is 0.308. The summed E-state index contributed by atoms with van der Waals surface area (Å²) in [6, 6.07) is -0.849. The van der Waals surface area contributed by atoms with Crippen LogP contribution in [0.25, 0.3) is 0 Å². The highest BCUT2D eigenvalue weighted by Gasteiger charge is 2.53. The predicted molar refractivity (Wildman–Crippen MR) is 98.1 cm³/mol. The number of nitrogens with one attached hydrogen (secondary N) is 1. The average Bonchev–Trinajstić information content (AvgIpc) is 3.02. The summed E-state index contributed by atoms with van der Waals surface area (Å²) in [5.74, 6) is -1.89. The highest BCUT2D eigenvalue weighted by atomic mass is 35.5. The zero-order chi connectivity index (χ0) is 18.1. The molecule has 26 heavy (non-hydrogen) atoms. The quantitative estimate of drug-likeness (QED) is 0.339. The summed E-state index contributed by atoms with van der Waals surface area (Å²) >= 11 is 2.49. The number of aromatic nitrogens is 1. The number of oxime groups is 1. The van der Waals surface area contributed by atoms with E-state index >= 15 is 0 Å². The first kappa shape index (κ1) is 20.0. The van der Waals surface area contributed by atoms with E-state index in [1.165, 1.54) is 24.9 Å². The molecule has 0 radical (unpaired) electrons. The average molecular weight is 420 g/mol. The molecule has 2 aliphatic heterocycles. The van der Waals surface area contributed by atoms with Gasteiger partial charge in [0.25, 0.3) is 11.8 Å². The van der Waals surface area contributed by atoms with Crippen molar-refractivity contribution in [1.29, 1.82) is 0 Å². The van der Waals surface area contributed by atoms with Gasteiger partial charge in [-0.15, -0.1) is 35.5 Å². The highest BCUT2D eigenvalue weighted by molar-refractivity contribution is 8.00. The van der Waals surface area contributed by atoms with Crippen molar-refractivity contribution in [3.63, 3.8) is 0 Å². The van der Waals surface area contributed by atoms with Crippen LogP contribution in [0.15, 0.2) is 22.3 Å². The summed E-state index contributed by atoms with van der Waals surface area (Å²) in [6.45, 7) is 0. The summed E-state index contributed by atoms with van der Waals surface area (Å²) in [6.07, 6.45) is 1.47. The molecule has 4 N–H and O–H groups in total. The molecule has 2 aliphatic rings. The van der Waals surface area contributed by atoms with Gasteiger partial charge < -0.3 is 21.0 Å². The number of halogens is 1. The number of amides is 2. The van der Waals surface area contributed by atoms with Crippen molar-refractivity contribution in [2.24, 2.45) is 5.16 Å². The minimum atomic E-state index is -1.18. The summed E-state index contributed by atoms with van der Waals surface area (Å²) in [5, 5.41) is 16.7. The summed E-state index contributed by atoms with van der Waals surface area (Å²) in [7, 11) is 1.28. The number of thiazole rings is 1. The molecule has 1 fully saturated rings. The third kappa shape index (κ3) is 3.48. The normalized spacial score (nSPS) is 21.7. The lowest BCUT2D eigenvalue weighted by Crippen LogP contribution is -2.70. The second-order valence-corrected chi connectivity index (χ2v) is 7.01. The molecule has 1 saturated heterocycles. The number of nitrogen functional groups attached to an aromatic ring is 1. The topological polar surface area (TPSA) is 147 Å². The van der Waals surface area contributed by atoms with Gasteiger partial charge in [0, 0.05) is 11.1 Å². The third-order valence-corrected chi connectivity index (χ3v) is 5.37. The molecule has 2 atom stereocenters. The molecule has 0 aromatic carbocycles. The number of carbonyl (C=O) groups excluding carboxylic acids is 2. The van der Waals surface area contributed by atoms with Crippen molar-refractivity contribution >= 4 is 64.1 Å². The Kier molecular flexibility index (Phi) is 6.10. The molecule has 0 saturated carbocycles. The van der Waals surface area contributed by atoms with Crippen molar-refractivity contribution in [2.75, 3.05) is 18.6 Å². The maximum Gasteiger partial charge on any atom is 0.352 e. The fourth-order valence-electron chi connectivity index (χ4n) is 2.44. The van der Waals surface area contributed by atoms with Crippen molar-refractivity contribution in [1.82, 2.24) is 15.2 Å². The predicted octanol–water partition coefficient (Wildman–Crippen LogP) is -0.134. The molecule has 3 heterocycles. The monoisotopic (exact) mass is 419 g/mol. The van der Waals surface area contributed by atoms with Gasteiger partial charge in [-0.05, 0) is 6.08 Å². The maximum atomic E-state index is 12.5. The smallest absolute Gasteiger partial charge is 0.352 e. The van der Waals surface area contributed by atoms with E-state index in [0.29, 0.717) is 5.75 Å². The molecule has 10 nitrogen and oxygen atoms in total. The number of anilines is 1. The molecule has 1 aromatic heterocycles. The zero-order valence-corrected chi connectivity index (χ0v) is 15.7. The fourth-order valence-corrected chi connectivity index (χ4v) is 4.18. The molecular weight excluding hydrogens is 406 g/mol. The lowest BCUT2D eigenvalue weighted by molar-refractivity contribution is -0.150. The second-order valence-electron chi connectivity index (χ2n) is 4.97. The largest absolute Gasteiger partial charge is 0.477 e. The highest BCUT2D eigenvalue weighted by Crippen LogP contribution is 2.37. The first-order valence-electron chi connectivity index (χ1n) is 6.95. The Morgan fingerprint density at radius 1 is 1.54 bits per heavy atom. The van der Waals surface area contributed by atoms with E-state index in [-0.39, 0.29) is 34.6 Å². The molecule has 2 amide bonds. The molecular formula is C13H14ClN5O5S2. The van der Waals surface area contributed by atoms with Gasteiger partial charge in [-0.1, -0.05) is 5.16 Å². The van der Waals surface area contributed by atoms with Gasteiger partial charge in [0.15, 0.2) is 10.8 Å². The third-order valence-electron chi connectivity index (χ3n) is 3.51. The Labute approximate surface area is 161 Å². The van der Waals surface area contributed by atoms with Gasteiger partial charge in [0.2, 0.25) is 0 Å². The maximum absolute atomic E-state index is 12.5. The van der Waals surface area contributed by atoms with E-state index in [4.69, 9.17) is 10.8 Å². The lowest BCUT2D eigenvalue weighted by atomic mass is 10.0. The molecule has 0 bridgehead atoms. The summed E-state index contributed by atoms with van der Waals surface area (Å²) < 4.78 is 0. The SMILES string of the molecule is CON=C(C(=O)NC1C(=O)N2C(C(=O)O)=CCS[C@@H]12)c1csc(N)n1.Cl. The number of carboxylic acids is 1. The van der Waals surface area contributed by atoms with E-state index in [9.17, 15) is 14.4 Å². The van der Waals surface area contributed by atoms with Crippen molar-refractivity contribution in [2.45, 2.75) is 11.4 Å². The number of aliphatic carboxylic acids is 1. The number of nitrogens with zero attached hydrogens (tertiary/aromatic N) is 3. The number of thioether (sulfide) groups is 1. The van der Waals surface area contributed by atoms with Crippen LogP contribution < -0.4 is 11.1 Å². The van der Waals surface area contributed by atoms with Gasteiger partial charge in [-0.2, -0.15) is 0 Å². The van der Waals surface area contributed by atoms with Crippen LogP contribution in [-0.2, 0) is 19.2 Å². The first-order chi connectivity index (χ1) is 11.9. The number of fused-ring (bicyclic) bond motifs is 1. The second kappa shape index (κ2) is 7.93. The minimum absolute atomic E-state index is 0. The van der Waals surface area contributed by atoms with Gasteiger partial charge in [-0.25, -0.2) is 9.78 Å². The zero-order valence-electron chi connectivity index (χ0n) is 13.2. The van der Waals surface area contributed by atoms with Crippen molar-refractivity contribution < 1.29 is 24.3 Å². The molecule has 1 unspecified atom stereocenters. The number of hydrogen-bond acceptors (Lipinski definition) is 9. The van der Waals surface area contributed by atoms with Crippen LogP contribution in [0.2, 0.25) is 0 Å². The molecule has 140 valence electrons. The summed E-state index contributed by atoms with van der Waals surface area (Å²) in [5.41, 5.74) is 5.60. The van der Waals surface area contributed by atoms with Crippen LogP contribution in [0, 0.1) is 0 Å². The van der Waals surface area contributed by atoms with Crippen LogP contribution in [-0.4, -0.2) is 62.8 Å². The van der Waals surface area contributed by atoms with E-state index in [1.54, 1.807) is 5.38 Å². The van der Waals surface area contributed by atoms with Gasteiger partial charge in [0.05, 0.1) is 0 Å². The van der Waals surface area contributed by atoms with E-state index < -0.39 is 29.2 Å². The standard InChI is InChI=1S/C13H13N5O5S2.ClH/c1-23-17-7(5-4-25-13(14)15-5)9(19)16-8-10(20)18-6(12(21)22)2-3-24-11(8)18;/h2,4,8,11H,3H2,1H3,(H2,14,15)(H,16,19)(H,21,22);1H/t8?,11-;/m0./s1. The lowest BCUT2D eigenvalue weighted by Gasteiger charge is -2.48. The van der Waals surface area contributed by atoms with Gasteiger partial charge in [0.1, 0.15) is 29.9 Å². The first-order valence-corrected chi connectivity index (χ1v) is 8.88. The number of nitrogens with two attached hydrogens (primary N) is 1. The number of carboxylic acid groups (broad SMARTS) is 1. The Bertz CT molecular complexity index is 811. The van der Waals surface area contributed by atoms with Crippen LogP contribution in [0.3, 0.4) is 0 Å². The van der Waals surface area contributed by atoms with Crippen LogP contribution in [0.4, 0.5) is 5.13 Å². The van der Waals surface area contributed by atoms with Crippen molar-refractivity contribution in [3.8, 4) is 0 Å². The van der Waals surface area contributed by atoms with E-state index in [1.807, 2.05) is 0 Å². The number of hydrogen-bond donors (Lipinski definition) is 3. The number of carbonyl (C=O) groups is 3. The molecule has 0 aliphatic carbocycles. The molecule has 3 rings (SSSR count). The van der Waals surface area contributed by atoms with Gasteiger partial charge in [-0.3, -0.25) is 14.5 Å². The molecule has 0 spiro atoms. The summed E-state index contributed by atoms with van der Waals surface area (Å²) in [4.78, 5) is 45.7. The van der Waals surface area contributed by atoms with Crippen molar-refractivity contribution in [3.05, 3.63) is 22.8 Å². The van der Waals surface area contributed by atoms with Crippen LogP contribution in [0.5, 0.6) is 0 Å². The Morgan fingerprint density at radius 3 is 2.85 bits per heavy atom. The van der Waals surface area contributed by atoms with Crippen LogP contribution in [0.1, 0.15) is 5.69 Å². The Hall–Kier alpha value is -2.31. The number of rotatable bonds is 5. The Morgan fingerprint density at radius 2 is 2.27 bits per heavy atom.